The monoisotopic (exact) mass is 262 g/mol. The van der Waals surface area contributed by atoms with Crippen molar-refractivity contribution in [1.29, 1.82) is 0 Å². The van der Waals surface area contributed by atoms with Gasteiger partial charge in [-0.3, -0.25) is 4.98 Å². The number of hydrogen-bond acceptors (Lipinski definition) is 3. The second-order valence-electron chi connectivity index (χ2n) is 5.70. The van der Waals surface area contributed by atoms with Crippen LogP contribution in [-0.2, 0) is 11.2 Å². The van der Waals surface area contributed by atoms with E-state index in [0.29, 0.717) is 6.54 Å². The summed E-state index contributed by atoms with van der Waals surface area (Å²) in [6, 6.07) is 4.07. The van der Waals surface area contributed by atoms with E-state index in [1.54, 1.807) is 6.20 Å². The Morgan fingerprint density at radius 2 is 2.21 bits per heavy atom. The van der Waals surface area contributed by atoms with Crippen LogP contribution in [0.15, 0.2) is 24.5 Å². The first-order chi connectivity index (χ1) is 9.28. The van der Waals surface area contributed by atoms with Gasteiger partial charge in [-0.2, -0.15) is 0 Å². The summed E-state index contributed by atoms with van der Waals surface area (Å²) in [5, 5.41) is 0. The first-order valence-electron chi connectivity index (χ1n) is 7.51. The Hall–Kier alpha value is -0.930. The lowest BCUT2D eigenvalue weighted by Crippen LogP contribution is -2.44. The quantitative estimate of drug-likeness (QED) is 0.857. The van der Waals surface area contributed by atoms with Crippen molar-refractivity contribution in [3.63, 3.8) is 0 Å². The molecule has 106 valence electrons. The normalized spacial score (nSPS) is 27.4. The van der Waals surface area contributed by atoms with Crippen molar-refractivity contribution >= 4 is 0 Å². The van der Waals surface area contributed by atoms with Gasteiger partial charge in [-0.1, -0.05) is 19.4 Å². The number of ether oxygens (including phenoxy) is 1. The van der Waals surface area contributed by atoms with Crippen molar-refractivity contribution in [3.8, 4) is 0 Å². The number of hydrogen-bond donors (Lipinski definition) is 1. The van der Waals surface area contributed by atoms with Crippen LogP contribution in [0.5, 0.6) is 0 Å². The summed E-state index contributed by atoms with van der Waals surface area (Å²) < 4.78 is 6.16. The fourth-order valence-electron chi connectivity index (χ4n) is 2.95. The minimum Gasteiger partial charge on any atom is -0.373 e. The molecule has 19 heavy (non-hydrogen) atoms. The van der Waals surface area contributed by atoms with Gasteiger partial charge in [-0.05, 0) is 49.7 Å². The fourth-order valence-corrected chi connectivity index (χ4v) is 2.95. The summed E-state index contributed by atoms with van der Waals surface area (Å²) in [5.74, 6) is 0.876. The van der Waals surface area contributed by atoms with Gasteiger partial charge < -0.3 is 10.5 Å². The highest BCUT2D eigenvalue weighted by Crippen LogP contribution is 2.35. The number of nitrogens with zero attached hydrogens (tertiary/aromatic N) is 1. The Kier molecular flexibility index (Phi) is 5.34. The molecule has 0 atom stereocenters. The molecule has 1 aliphatic rings. The van der Waals surface area contributed by atoms with Crippen LogP contribution in [0.4, 0.5) is 0 Å². The fraction of sp³-hybridized carbons (Fsp3) is 0.688. The standard InChI is InChI=1S/C16H26N2O/c1-2-14-5-8-16(13-17,9-6-14)19-11-7-15-4-3-10-18-12-15/h3-4,10,12,14H,2,5-9,11,13,17H2,1H3. The van der Waals surface area contributed by atoms with Crippen molar-refractivity contribution < 1.29 is 4.74 Å². The van der Waals surface area contributed by atoms with Crippen molar-refractivity contribution in [3.05, 3.63) is 30.1 Å². The van der Waals surface area contributed by atoms with Crippen LogP contribution in [0.2, 0.25) is 0 Å². The molecule has 1 aliphatic carbocycles. The average Bonchev–Trinajstić information content (AvgIpc) is 2.49. The first-order valence-corrected chi connectivity index (χ1v) is 7.51. The Morgan fingerprint density at radius 1 is 1.42 bits per heavy atom. The summed E-state index contributed by atoms with van der Waals surface area (Å²) in [6.07, 6.45) is 10.7. The van der Waals surface area contributed by atoms with Gasteiger partial charge in [0.15, 0.2) is 0 Å². The second kappa shape index (κ2) is 7.01. The maximum atomic E-state index is 6.16. The molecule has 1 fully saturated rings. The zero-order chi connectivity index (χ0) is 13.6. The second-order valence-corrected chi connectivity index (χ2v) is 5.70. The molecule has 3 heteroatoms. The molecule has 3 nitrogen and oxygen atoms in total. The molecule has 0 amide bonds. The zero-order valence-electron chi connectivity index (χ0n) is 12.0. The van der Waals surface area contributed by atoms with Crippen LogP contribution in [0.1, 0.15) is 44.6 Å². The van der Waals surface area contributed by atoms with Crippen LogP contribution >= 0.6 is 0 Å². The highest BCUT2D eigenvalue weighted by Gasteiger charge is 2.34. The van der Waals surface area contributed by atoms with E-state index < -0.39 is 0 Å². The highest BCUT2D eigenvalue weighted by molar-refractivity contribution is 5.08. The van der Waals surface area contributed by atoms with Crippen LogP contribution in [0.25, 0.3) is 0 Å². The highest BCUT2D eigenvalue weighted by atomic mass is 16.5. The molecule has 0 radical (unpaired) electrons. The molecular weight excluding hydrogens is 236 g/mol. The molecular formula is C16H26N2O. The van der Waals surface area contributed by atoms with E-state index in [-0.39, 0.29) is 5.60 Å². The molecule has 0 spiro atoms. The average molecular weight is 262 g/mol. The maximum Gasteiger partial charge on any atom is 0.0804 e. The Balaban J connectivity index is 1.80. The minimum atomic E-state index is -0.0616. The van der Waals surface area contributed by atoms with E-state index in [9.17, 15) is 0 Å². The summed E-state index contributed by atoms with van der Waals surface area (Å²) in [4.78, 5) is 4.13. The molecule has 1 saturated carbocycles. The molecule has 1 aromatic heterocycles. The van der Waals surface area contributed by atoms with E-state index >= 15 is 0 Å². The van der Waals surface area contributed by atoms with Crippen LogP contribution in [0.3, 0.4) is 0 Å². The summed E-state index contributed by atoms with van der Waals surface area (Å²) in [5.41, 5.74) is 7.14. The zero-order valence-corrected chi connectivity index (χ0v) is 12.0. The molecule has 0 bridgehead atoms. The van der Waals surface area contributed by atoms with Crippen LogP contribution in [0, 0.1) is 5.92 Å². The summed E-state index contributed by atoms with van der Waals surface area (Å²) >= 11 is 0. The number of aromatic nitrogens is 1. The Morgan fingerprint density at radius 3 is 2.79 bits per heavy atom. The van der Waals surface area contributed by atoms with Crippen LogP contribution in [-0.4, -0.2) is 23.7 Å². The smallest absolute Gasteiger partial charge is 0.0804 e. The Bertz CT molecular complexity index is 358. The SMILES string of the molecule is CCC1CCC(CN)(OCCc2cccnc2)CC1. The molecule has 1 aromatic rings. The molecule has 2 rings (SSSR count). The molecule has 2 N–H and O–H groups in total. The molecule has 0 unspecified atom stereocenters. The van der Waals surface area contributed by atoms with Crippen molar-refractivity contribution in [2.75, 3.05) is 13.2 Å². The van der Waals surface area contributed by atoms with Crippen molar-refractivity contribution in [2.24, 2.45) is 11.7 Å². The lowest BCUT2D eigenvalue weighted by Gasteiger charge is -2.39. The molecule has 1 heterocycles. The molecule has 0 aromatic carbocycles. The lowest BCUT2D eigenvalue weighted by atomic mass is 9.77. The van der Waals surface area contributed by atoms with E-state index in [1.807, 2.05) is 12.3 Å². The van der Waals surface area contributed by atoms with Gasteiger partial charge >= 0.3 is 0 Å². The van der Waals surface area contributed by atoms with E-state index in [0.717, 1.165) is 31.8 Å². The maximum absolute atomic E-state index is 6.16. The summed E-state index contributed by atoms with van der Waals surface area (Å²) in [7, 11) is 0. The van der Waals surface area contributed by atoms with Crippen molar-refractivity contribution in [2.45, 2.75) is 51.0 Å². The topological polar surface area (TPSA) is 48.1 Å². The third kappa shape index (κ3) is 4.02. The van der Waals surface area contributed by atoms with Gasteiger partial charge in [0.25, 0.3) is 0 Å². The predicted molar refractivity (Wildman–Crippen MR) is 77.9 cm³/mol. The van der Waals surface area contributed by atoms with Gasteiger partial charge in [0.1, 0.15) is 0 Å². The van der Waals surface area contributed by atoms with Crippen LogP contribution < -0.4 is 5.73 Å². The van der Waals surface area contributed by atoms with E-state index in [4.69, 9.17) is 10.5 Å². The first kappa shape index (κ1) is 14.5. The van der Waals surface area contributed by atoms with Gasteiger partial charge in [-0.25, -0.2) is 0 Å². The lowest BCUT2D eigenvalue weighted by molar-refractivity contribution is -0.0703. The number of rotatable bonds is 6. The minimum absolute atomic E-state index is 0.0616. The van der Waals surface area contributed by atoms with E-state index in [1.165, 1.54) is 24.8 Å². The molecule has 0 saturated heterocycles. The number of pyridine rings is 1. The van der Waals surface area contributed by atoms with Gasteiger partial charge in [0.2, 0.25) is 0 Å². The van der Waals surface area contributed by atoms with Gasteiger partial charge in [0.05, 0.1) is 12.2 Å². The van der Waals surface area contributed by atoms with E-state index in [2.05, 4.69) is 18.0 Å². The largest absolute Gasteiger partial charge is 0.373 e. The summed E-state index contributed by atoms with van der Waals surface area (Å²) in [6.45, 7) is 3.68. The number of nitrogens with two attached hydrogens (primary N) is 1. The van der Waals surface area contributed by atoms with Gasteiger partial charge in [-0.15, -0.1) is 0 Å². The third-order valence-electron chi connectivity index (χ3n) is 4.49. The van der Waals surface area contributed by atoms with Gasteiger partial charge in [0, 0.05) is 18.9 Å². The molecule has 0 aliphatic heterocycles. The predicted octanol–water partition coefficient (Wildman–Crippen LogP) is 2.94. The third-order valence-corrected chi connectivity index (χ3v) is 4.49. The Labute approximate surface area is 116 Å². The van der Waals surface area contributed by atoms with Crippen molar-refractivity contribution in [1.82, 2.24) is 4.98 Å².